The molecule has 5 nitrogen and oxygen atoms in total. The van der Waals surface area contributed by atoms with Crippen molar-refractivity contribution in [2.75, 3.05) is 0 Å². The number of carbonyl (C=O) groups excluding carboxylic acids is 1. The maximum Gasteiger partial charge on any atom is 0.249 e. The van der Waals surface area contributed by atoms with Gasteiger partial charge in [-0.05, 0) is 42.2 Å². The van der Waals surface area contributed by atoms with E-state index < -0.39 is 0 Å². The molecule has 0 saturated carbocycles. The van der Waals surface area contributed by atoms with E-state index in [1.807, 2.05) is 68.4 Å². The molecule has 3 rings (SSSR count). The summed E-state index contributed by atoms with van der Waals surface area (Å²) in [4.78, 5) is 16.9. The molecule has 6 heteroatoms. The second-order valence-electron chi connectivity index (χ2n) is 6.74. The van der Waals surface area contributed by atoms with Crippen LogP contribution in [0.3, 0.4) is 0 Å². The van der Waals surface area contributed by atoms with E-state index in [0.29, 0.717) is 24.6 Å². The van der Waals surface area contributed by atoms with Crippen LogP contribution in [0.25, 0.3) is 11.4 Å². The Labute approximate surface area is 167 Å². The molecule has 0 aliphatic carbocycles. The predicted molar refractivity (Wildman–Crippen MR) is 108 cm³/mol. The Kier molecular flexibility index (Phi) is 6.40. The Morgan fingerprint density at radius 3 is 2.48 bits per heavy atom. The molecule has 0 aliphatic rings. The lowest BCUT2D eigenvalue weighted by Gasteiger charge is -2.18. The van der Waals surface area contributed by atoms with Gasteiger partial charge in [0.1, 0.15) is 6.04 Å². The number of halogens is 1. The Hall–Kier alpha value is -2.47. The molecule has 0 spiro atoms. The molecule has 2 aromatic carbocycles. The third-order valence-electron chi connectivity index (χ3n) is 4.28. The second-order valence-corrected chi connectivity index (χ2v) is 7.65. The summed E-state index contributed by atoms with van der Waals surface area (Å²) in [7, 11) is 0. The normalized spacial score (nSPS) is 12.1. The summed E-state index contributed by atoms with van der Waals surface area (Å²) < 4.78 is 6.44. The molecule has 3 aromatic rings. The lowest BCUT2D eigenvalue weighted by Crippen LogP contribution is -2.32. The number of hydrogen-bond acceptors (Lipinski definition) is 4. The molecule has 1 amide bonds. The van der Waals surface area contributed by atoms with Gasteiger partial charge in [-0.25, -0.2) is 0 Å². The van der Waals surface area contributed by atoms with Crippen molar-refractivity contribution in [2.24, 2.45) is 5.92 Å². The lowest BCUT2D eigenvalue weighted by molar-refractivity contribution is -0.122. The fourth-order valence-corrected chi connectivity index (χ4v) is 3.00. The molecule has 27 heavy (non-hydrogen) atoms. The summed E-state index contributed by atoms with van der Waals surface area (Å²) in [6.45, 7) is 4.04. The summed E-state index contributed by atoms with van der Waals surface area (Å²) in [6.07, 6.45) is 1.12. The largest absolute Gasteiger partial charge is 0.344 e. The molecule has 0 unspecified atom stereocenters. The fourth-order valence-electron chi connectivity index (χ4n) is 2.74. The van der Waals surface area contributed by atoms with Crippen molar-refractivity contribution in [3.8, 4) is 11.4 Å². The van der Waals surface area contributed by atoms with Crippen LogP contribution in [-0.4, -0.2) is 16.0 Å². The molecular weight excluding hydrogens is 406 g/mol. The maximum atomic E-state index is 12.4. The molecule has 1 heterocycles. The highest BCUT2D eigenvalue weighted by molar-refractivity contribution is 9.10. The van der Waals surface area contributed by atoms with E-state index in [-0.39, 0.29) is 17.9 Å². The Balaban J connectivity index is 1.66. The van der Waals surface area contributed by atoms with E-state index in [4.69, 9.17) is 4.52 Å². The van der Waals surface area contributed by atoms with Gasteiger partial charge >= 0.3 is 0 Å². The van der Waals surface area contributed by atoms with Crippen LogP contribution < -0.4 is 5.32 Å². The zero-order chi connectivity index (χ0) is 19.2. The van der Waals surface area contributed by atoms with Crippen LogP contribution in [-0.2, 0) is 11.2 Å². The van der Waals surface area contributed by atoms with E-state index in [0.717, 1.165) is 15.6 Å². The van der Waals surface area contributed by atoms with Crippen LogP contribution in [0.5, 0.6) is 0 Å². The van der Waals surface area contributed by atoms with Crippen molar-refractivity contribution >= 4 is 21.8 Å². The zero-order valence-electron chi connectivity index (χ0n) is 15.4. The number of rotatable bonds is 7. The topological polar surface area (TPSA) is 68.0 Å². The molecular formula is C21H22BrN3O2. The molecule has 0 bridgehead atoms. The van der Waals surface area contributed by atoms with Crippen LogP contribution >= 0.6 is 15.9 Å². The van der Waals surface area contributed by atoms with Crippen molar-refractivity contribution in [1.82, 2.24) is 15.5 Å². The number of nitrogens with one attached hydrogen (secondary N) is 1. The number of amides is 1. The minimum atomic E-state index is -0.315. The van der Waals surface area contributed by atoms with Crippen LogP contribution in [0, 0.1) is 5.92 Å². The third-order valence-corrected chi connectivity index (χ3v) is 4.81. The van der Waals surface area contributed by atoms with Crippen molar-refractivity contribution in [3.63, 3.8) is 0 Å². The van der Waals surface area contributed by atoms with Crippen molar-refractivity contribution in [3.05, 3.63) is 70.5 Å². The number of benzene rings is 2. The number of nitrogens with zero attached hydrogens (tertiary/aromatic N) is 2. The van der Waals surface area contributed by atoms with E-state index in [1.54, 1.807) is 0 Å². The molecule has 140 valence electrons. The maximum absolute atomic E-state index is 12.4. The average Bonchev–Trinajstić information content (AvgIpc) is 3.15. The van der Waals surface area contributed by atoms with Gasteiger partial charge in [0, 0.05) is 16.5 Å². The molecule has 1 N–H and O–H groups in total. The quantitative estimate of drug-likeness (QED) is 0.579. The number of aromatic nitrogens is 2. The van der Waals surface area contributed by atoms with Gasteiger partial charge in [-0.15, -0.1) is 0 Å². The molecule has 0 saturated heterocycles. The van der Waals surface area contributed by atoms with Gasteiger partial charge in [-0.2, -0.15) is 4.98 Å². The highest BCUT2D eigenvalue weighted by atomic mass is 79.9. The minimum Gasteiger partial charge on any atom is -0.344 e. The standard InChI is InChI=1S/C21H22BrN3O2/c1-14(2)19(23-18(26)13-8-15-6-4-3-5-7-15)21-24-20(25-27-21)16-9-11-17(22)12-10-16/h3-7,9-12,14,19H,8,13H2,1-2H3,(H,23,26)/t19-/m0/s1. The first-order valence-electron chi connectivity index (χ1n) is 8.96. The number of hydrogen-bond donors (Lipinski definition) is 1. The first-order valence-corrected chi connectivity index (χ1v) is 9.75. The minimum absolute atomic E-state index is 0.0269. The van der Waals surface area contributed by atoms with E-state index in [1.165, 1.54) is 0 Å². The van der Waals surface area contributed by atoms with Crippen LogP contribution in [0.1, 0.15) is 37.8 Å². The Morgan fingerprint density at radius 2 is 1.81 bits per heavy atom. The molecule has 0 radical (unpaired) electrons. The van der Waals surface area contributed by atoms with Crippen molar-refractivity contribution in [1.29, 1.82) is 0 Å². The summed E-state index contributed by atoms with van der Waals surface area (Å²) >= 11 is 3.41. The van der Waals surface area contributed by atoms with Gasteiger partial charge in [-0.1, -0.05) is 65.3 Å². The Morgan fingerprint density at radius 1 is 1.11 bits per heavy atom. The number of carbonyl (C=O) groups is 1. The SMILES string of the molecule is CC(C)[C@H](NC(=O)CCc1ccccc1)c1nc(-c2ccc(Br)cc2)no1. The lowest BCUT2D eigenvalue weighted by atomic mass is 10.0. The second kappa shape index (κ2) is 8.95. The molecule has 1 atom stereocenters. The molecule has 0 fully saturated rings. The van der Waals surface area contributed by atoms with Crippen LogP contribution in [0.15, 0.2) is 63.6 Å². The summed E-state index contributed by atoms with van der Waals surface area (Å²) in [6, 6.07) is 17.3. The van der Waals surface area contributed by atoms with Gasteiger partial charge in [0.15, 0.2) is 0 Å². The van der Waals surface area contributed by atoms with E-state index in [9.17, 15) is 4.79 Å². The van der Waals surface area contributed by atoms with E-state index in [2.05, 4.69) is 31.4 Å². The van der Waals surface area contributed by atoms with Crippen molar-refractivity contribution in [2.45, 2.75) is 32.7 Å². The van der Waals surface area contributed by atoms with Gasteiger partial charge < -0.3 is 9.84 Å². The highest BCUT2D eigenvalue weighted by Crippen LogP contribution is 2.24. The van der Waals surface area contributed by atoms with Gasteiger partial charge in [-0.3, -0.25) is 4.79 Å². The Bertz CT molecular complexity index is 876. The van der Waals surface area contributed by atoms with Crippen LogP contribution in [0.4, 0.5) is 0 Å². The van der Waals surface area contributed by atoms with Crippen LogP contribution in [0.2, 0.25) is 0 Å². The first-order chi connectivity index (χ1) is 13.0. The van der Waals surface area contributed by atoms with Gasteiger partial charge in [0.05, 0.1) is 0 Å². The average molecular weight is 428 g/mol. The van der Waals surface area contributed by atoms with Gasteiger partial charge in [0.25, 0.3) is 0 Å². The van der Waals surface area contributed by atoms with Gasteiger partial charge in [0.2, 0.25) is 17.6 Å². The predicted octanol–water partition coefficient (Wildman–Crippen LogP) is 4.95. The summed E-state index contributed by atoms with van der Waals surface area (Å²) in [5, 5.41) is 7.10. The molecule has 1 aromatic heterocycles. The third kappa shape index (κ3) is 5.26. The first kappa shape index (κ1) is 19.3. The van der Waals surface area contributed by atoms with Crippen molar-refractivity contribution < 1.29 is 9.32 Å². The number of aryl methyl sites for hydroxylation is 1. The summed E-state index contributed by atoms with van der Waals surface area (Å²) in [5.41, 5.74) is 2.01. The zero-order valence-corrected chi connectivity index (χ0v) is 16.9. The van der Waals surface area contributed by atoms with E-state index >= 15 is 0 Å². The monoisotopic (exact) mass is 427 g/mol. The fraction of sp³-hybridized carbons (Fsp3) is 0.286. The summed E-state index contributed by atoms with van der Waals surface area (Å²) in [5.74, 6) is 1.04. The molecule has 0 aliphatic heterocycles. The smallest absolute Gasteiger partial charge is 0.249 e. The highest BCUT2D eigenvalue weighted by Gasteiger charge is 2.24.